The van der Waals surface area contributed by atoms with Crippen molar-refractivity contribution in [3.8, 4) is 0 Å². The van der Waals surface area contributed by atoms with Crippen LogP contribution in [-0.4, -0.2) is 29.0 Å². The largest absolute Gasteiger partial charge is 0.381 e. The predicted molar refractivity (Wildman–Crippen MR) is 59.4 cm³/mol. The molecule has 86 valence electrons. The Morgan fingerprint density at radius 3 is 3.00 bits per heavy atom. The van der Waals surface area contributed by atoms with Crippen molar-refractivity contribution in [2.45, 2.75) is 26.7 Å². The van der Waals surface area contributed by atoms with Crippen LogP contribution in [0.15, 0.2) is 6.20 Å². The van der Waals surface area contributed by atoms with Gasteiger partial charge < -0.3 is 4.74 Å². The summed E-state index contributed by atoms with van der Waals surface area (Å²) in [6.45, 7) is 5.04. The molecular formula is C12H16N2O2. The number of ether oxygens (including phenoxy) is 1. The molecule has 1 fully saturated rings. The number of carbonyl (C=O) groups is 1. The van der Waals surface area contributed by atoms with Crippen LogP contribution in [0, 0.1) is 12.8 Å². The van der Waals surface area contributed by atoms with E-state index >= 15 is 0 Å². The zero-order valence-electron chi connectivity index (χ0n) is 9.69. The highest BCUT2D eigenvalue weighted by Crippen LogP contribution is 2.16. The molecule has 4 nitrogen and oxygen atoms in total. The lowest BCUT2D eigenvalue weighted by atomic mass is 10.0. The first-order valence-corrected chi connectivity index (χ1v) is 5.58. The van der Waals surface area contributed by atoms with Crippen molar-refractivity contribution >= 4 is 5.78 Å². The summed E-state index contributed by atoms with van der Waals surface area (Å²) >= 11 is 0. The van der Waals surface area contributed by atoms with Crippen LogP contribution in [0.2, 0.25) is 0 Å². The Balaban J connectivity index is 2.11. The van der Waals surface area contributed by atoms with Gasteiger partial charge in [0.15, 0.2) is 5.78 Å². The van der Waals surface area contributed by atoms with E-state index in [0.29, 0.717) is 11.5 Å². The molecule has 0 radical (unpaired) electrons. The van der Waals surface area contributed by atoms with E-state index in [0.717, 1.165) is 37.6 Å². The highest BCUT2D eigenvalue weighted by molar-refractivity contribution is 5.94. The number of Topliss-reactive ketones (excluding diaryl/α,β-unsaturated/α-hetero) is 1. The molecule has 0 spiro atoms. The van der Waals surface area contributed by atoms with Crippen LogP contribution in [0.4, 0.5) is 0 Å². The summed E-state index contributed by atoms with van der Waals surface area (Å²) in [5.41, 5.74) is 1.39. The first-order chi connectivity index (χ1) is 7.66. The second-order valence-electron chi connectivity index (χ2n) is 4.28. The van der Waals surface area contributed by atoms with Gasteiger partial charge in [0.2, 0.25) is 0 Å². The lowest BCUT2D eigenvalue weighted by Gasteiger charge is -2.07. The molecule has 0 saturated carbocycles. The fourth-order valence-corrected chi connectivity index (χ4v) is 1.96. The van der Waals surface area contributed by atoms with Gasteiger partial charge in [0.1, 0.15) is 5.82 Å². The van der Waals surface area contributed by atoms with E-state index in [1.807, 2.05) is 6.92 Å². The molecule has 2 rings (SSSR count). The van der Waals surface area contributed by atoms with Crippen LogP contribution in [0.1, 0.15) is 35.2 Å². The Labute approximate surface area is 95.1 Å². The van der Waals surface area contributed by atoms with Crippen LogP contribution >= 0.6 is 0 Å². The molecule has 1 aromatic heterocycles. The van der Waals surface area contributed by atoms with E-state index in [2.05, 4.69) is 9.97 Å². The molecule has 0 amide bonds. The summed E-state index contributed by atoms with van der Waals surface area (Å²) in [5.74, 6) is 1.37. The van der Waals surface area contributed by atoms with Crippen molar-refractivity contribution in [1.82, 2.24) is 9.97 Å². The van der Waals surface area contributed by atoms with E-state index < -0.39 is 0 Å². The minimum absolute atomic E-state index is 0.0215. The van der Waals surface area contributed by atoms with E-state index in [-0.39, 0.29) is 5.78 Å². The van der Waals surface area contributed by atoms with Crippen LogP contribution in [-0.2, 0) is 11.2 Å². The van der Waals surface area contributed by atoms with Crippen molar-refractivity contribution in [1.29, 1.82) is 0 Å². The van der Waals surface area contributed by atoms with Crippen molar-refractivity contribution in [3.63, 3.8) is 0 Å². The maximum absolute atomic E-state index is 11.2. The van der Waals surface area contributed by atoms with E-state index in [1.165, 1.54) is 6.92 Å². The molecule has 0 aromatic carbocycles. The Morgan fingerprint density at radius 1 is 1.62 bits per heavy atom. The predicted octanol–water partition coefficient (Wildman–Crippen LogP) is 1.57. The number of rotatable bonds is 3. The van der Waals surface area contributed by atoms with Crippen LogP contribution in [0.25, 0.3) is 0 Å². The molecule has 0 N–H and O–H groups in total. The smallest absolute Gasteiger partial charge is 0.163 e. The van der Waals surface area contributed by atoms with Gasteiger partial charge in [0.25, 0.3) is 0 Å². The number of aryl methyl sites for hydroxylation is 1. The summed E-state index contributed by atoms with van der Waals surface area (Å²) in [6.07, 6.45) is 3.56. The maximum Gasteiger partial charge on any atom is 0.163 e. The molecule has 16 heavy (non-hydrogen) atoms. The second kappa shape index (κ2) is 4.70. The van der Waals surface area contributed by atoms with Gasteiger partial charge in [-0.3, -0.25) is 4.79 Å². The highest BCUT2D eigenvalue weighted by atomic mass is 16.5. The molecule has 1 atom stereocenters. The number of carbonyl (C=O) groups excluding carboxylic acids is 1. The molecule has 1 aliphatic heterocycles. The molecule has 0 bridgehead atoms. The molecule has 1 aromatic rings. The molecule has 0 aliphatic carbocycles. The second-order valence-corrected chi connectivity index (χ2v) is 4.28. The zero-order valence-corrected chi connectivity index (χ0v) is 9.69. The Bertz CT molecular complexity index is 398. The minimum atomic E-state index is 0.0215. The highest BCUT2D eigenvalue weighted by Gasteiger charge is 2.18. The topological polar surface area (TPSA) is 52.1 Å². The van der Waals surface area contributed by atoms with Crippen LogP contribution < -0.4 is 0 Å². The van der Waals surface area contributed by atoms with Gasteiger partial charge in [0.05, 0.1) is 11.3 Å². The molecule has 1 aliphatic rings. The van der Waals surface area contributed by atoms with Gasteiger partial charge in [0, 0.05) is 25.8 Å². The fourth-order valence-electron chi connectivity index (χ4n) is 1.96. The molecule has 4 heteroatoms. The minimum Gasteiger partial charge on any atom is -0.381 e. The average molecular weight is 220 g/mol. The third-order valence-corrected chi connectivity index (χ3v) is 2.90. The number of nitrogens with zero attached hydrogens (tertiary/aromatic N) is 2. The first-order valence-electron chi connectivity index (χ1n) is 5.58. The zero-order chi connectivity index (χ0) is 11.5. The van der Waals surface area contributed by atoms with Gasteiger partial charge in [-0.05, 0) is 26.2 Å². The number of ketones is 1. The standard InChI is InChI=1S/C12H16N2O2/c1-8-11(9(2)15)6-13-12(14-8)5-10-3-4-16-7-10/h6,10H,3-5,7H2,1-2H3. The summed E-state index contributed by atoms with van der Waals surface area (Å²) in [6, 6.07) is 0. The first kappa shape index (κ1) is 11.2. The summed E-state index contributed by atoms with van der Waals surface area (Å²) in [7, 11) is 0. The lowest BCUT2D eigenvalue weighted by molar-refractivity contribution is 0.101. The third kappa shape index (κ3) is 2.44. The third-order valence-electron chi connectivity index (χ3n) is 2.90. The van der Waals surface area contributed by atoms with Gasteiger partial charge in [-0.1, -0.05) is 0 Å². The molecule has 1 unspecified atom stereocenters. The number of hydrogen-bond donors (Lipinski definition) is 0. The monoisotopic (exact) mass is 220 g/mol. The fraction of sp³-hybridized carbons (Fsp3) is 0.583. The summed E-state index contributed by atoms with van der Waals surface area (Å²) < 4.78 is 5.31. The van der Waals surface area contributed by atoms with Crippen molar-refractivity contribution in [2.24, 2.45) is 5.92 Å². The van der Waals surface area contributed by atoms with Gasteiger partial charge in [-0.2, -0.15) is 0 Å². The van der Waals surface area contributed by atoms with Crippen molar-refractivity contribution < 1.29 is 9.53 Å². The summed E-state index contributed by atoms with van der Waals surface area (Å²) in [4.78, 5) is 19.8. The van der Waals surface area contributed by atoms with E-state index in [4.69, 9.17) is 4.74 Å². The molecule has 2 heterocycles. The average Bonchev–Trinajstić information content (AvgIpc) is 2.70. The Hall–Kier alpha value is -1.29. The van der Waals surface area contributed by atoms with Crippen LogP contribution in [0.5, 0.6) is 0 Å². The normalized spacial score (nSPS) is 20.0. The van der Waals surface area contributed by atoms with Crippen LogP contribution in [0.3, 0.4) is 0 Å². The molecular weight excluding hydrogens is 204 g/mol. The number of hydrogen-bond acceptors (Lipinski definition) is 4. The quantitative estimate of drug-likeness (QED) is 0.725. The lowest BCUT2D eigenvalue weighted by Crippen LogP contribution is -2.10. The van der Waals surface area contributed by atoms with Gasteiger partial charge >= 0.3 is 0 Å². The van der Waals surface area contributed by atoms with E-state index in [9.17, 15) is 4.79 Å². The summed E-state index contributed by atoms with van der Waals surface area (Å²) in [5, 5.41) is 0. The van der Waals surface area contributed by atoms with Crippen molar-refractivity contribution in [2.75, 3.05) is 13.2 Å². The Morgan fingerprint density at radius 2 is 2.44 bits per heavy atom. The van der Waals surface area contributed by atoms with E-state index in [1.54, 1.807) is 6.20 Å². The SMILES string of the molecule is CC(=O)c1cnc(CC2CCOC2)nc1C. The molecule has 1 saturated heterocycles. The van der Waals surface area contributed by atoms with Gasteiger partial charge in [-0.25, -0.2) is 9.97 Å². The maximum atomic E-state index is 11.2. The Kier molecular flexibility index (Phi) is 3.29. The van der Waals surface area contributed by atoms with Gasteiger partial charge in [-0.15, -0.1) is 0 Å². The number of aromatic nitrogens is 2. The van der Waals surface area contributed by atoms with Crippen molar-refractivity contribution in [3.05, 3.63) is 23.3 Å².